The monoisotopic (exact) mass is 433 g/mol. The smallest absolute Gasteiger partial charge is 0.269 e. The number of aromatic amines is 1. The van der Waals surface area contributed by atoms with Crippen LogP contribution in [0, 0.1) is 0 Å². The van der Waals surface area contributed by atoms with Crippen LogP contribution in [0.4, 0.5) is 0 Å². The Morgan fingerprint density at radius 1 is 1.09 bits per heavy atom. The van der Waals surface area contributed by atoms with Crippen LogP contribution in [0.1, 0.15) is 36.2 Å². The van der Waals surface area contributed by atoms with Gasteiger partial charge in [0.15, 0.2) is 11.5 Å². The Morgan fingerprint density at radius 3 is 2.62 bits per heavy atom. The molecule has 4 rings (SSSR count). The van der Waals surface area contributed by atoms with Crippen LogP contribution in [-0.2, 0) is 6.42 Å². The highest BCUT2D eigenvalue weighted by Gasteiger charge is 2.15. The molecule has 8 nitrogen and oxygen atoms in total. The number of imidazole rings is 1. The molecule has 0 spiro atoms. The molecular weight excluding hydrogens is 406 g/mol. The number of carbonyl (C=O) groups excluding carboxylic acids is 1. The van der Waals surface area contributed by atoms with Crippen molar-refractivity contribution in [2.24, 2.45) is 0 Å². The number of ether oxygens (including phenoxy) is 2. The van der Waals surface area contributed by atoms with E-state index >= 15 is 0 Å². The van der Waals surface area contributed by atoms with Gasteiger partial charge in [-0.15, -0.1) is 0 Å². The predicted octanol–water partition coefficient (Wildman–Crippen LogP) is 4.00. The normalized spacial score (nSPS) is 11.2. The zero-order valence-corrected chi connectivity index (χ0v) is 18.7. The minimum atomic E-state index is -0.212. The molecular formula is C24H27N5O3. The Kier molecular flexibility index (Phi) is 6.11. The summed E-state index contributed by atoms with van der Waals surface area (Å²) in [5, 5.41) is 10.0. The number of fused-ring (bicyclic) bond motifs is 1. The standard InChI is InChI=1S/C24H27N5O3/c1-15(2)29-20-8-6-5-7-17(20)26-23(29)11-12-25-24(30)19-14-18(27-28-19)16-9-10-21(31-3)22(13-16)32-4/h5-10,13-15H,11-12H2,1-4H3,(H,25,30)(H,27,28). The molecule has 4 aromatic rings. The van der Waals surface area contributed by atoms with E-state index in [0.717, 1.165) is 22.4 Å². The number of nitrogens with one attached hydrogen (secondary N) is 2. The van der Waals surface area contributed by atoms with E-state index in [-0.39, 0.29) is 11.9 Å². The fourth-order valence-corrected chi connectivity index (χ4v) is 3.81. The molecule has 0 aliphatic rings. The summed E-state index contributed by atoms with van der Waals surface area (Å²) < 4.78 is 12.8. The Balaban J connectivity index is 1.44. The number of para-hydroxylation sites is 2. The van der Waals surface area contributed by atoms with Crippen molar-refractivity contribution in [1.82, 2.24) is 25.1 Å². The van der Waals surface area contributed by atoms with Crippen LogP contribution in [0.15, 0.2) is 48.5 Å². The molecule has 2 aromatic heterocycles. The van der Waals surface area contributed by atoms with Crippen LogP contribution in [0.5, 0.6) is 11.5 Å². The lowest BCUT2D eigenvalue weighted by Crippen LogP contribution is -2.27. The number of hydrogen-bond acceptors (Lipinski definition) is 5. The van der Waals surface area contributed by atoms with Crippen molar-refractivity contribution >= 4 is 16.9 Å². The maximum Gasteiger partial charge on any atom is 0.269 e. The van der Waals surface area contributed by atoms with E-state index < -0.39 is 0 Å². The first-order valence-corrected chi connectivity index (χ1v) is 10.5. The minimum absolute atomic E-state index is 0.212. The minimum Gasteiger partial charge on any atom is -0.493 e. The molecule has 0 bridgehead atoms. The molecule has 32 heavy (non-hydrogen) atoms. The summed E-state index contributed by atoms with van der Waals surface area (Å²) in [6, 6.07) is 15.6. The van der Waals surface area contributed by atoms with Crippen molar-refractivity contribution in [3.8, 4) is 22.8 Å². The molecule has 0 aliphatic carbocycles. The van der Waals surface area contributed by atoms with E-state index in [0.29, 0.717) is 35.9 Å². The highest BCUT2D eigenvalue weighted by molar-refractivity contribution is 5.93. The van der Waals surface area contributed by atoms with Gasteiger partial charge < -0.3 is 19.4 Å². The molecule has 166 valence electrons. The summed E-state index contributed by atoms with van der Waals surface area (Å²) in [6.07, 6.45) is 0.634. The molecule has 0 unspecified atom stereocenters. The first-order chi connectivity index (χ1) is 15.5. The maximum atomic E-state index is 12.6. The van der Waals surface area contributed by atoms with Gasteiger partial charge in [0.2, 0.25) is 0 Å². The average Bonchev–Trinajstić information content (AvgIpc) is 3.43. The molecule has 0 radical (unpaired) electrons. The Labute approximate surface area is 186 Å². The fourth-order valence-electron chi connectivity index (χ4n) is 3.81. The van der Waals surface area contributed by atoms with Crippen LogP contribution >= 0.6 is 0 Å². The molecule has 2 N–H and O–H groups in total. The number of aromatic nitrogens is 4. The number of benzene rings is 2. The zero-order valence-electron chi connectivity index (χ0n) is 18.7. The second kappa shape index (κ2) is 9.13. The van der Waals surface area contributed by atoms with Crippen molar-refractivity contribution in [2.75, 3.05) is 20.8 Å². The van der Waals surface area contributed by atoms with Crippen molar-refractivity contribution in [1.29, 1.82) is 0 Å². The van der Waals surface area contributed by atoms with Crippen LogP contribution in [0.2, 0.25) is 0 Å². The van der Waals surface area contributed by atoms with Crippen molar-refractivity contribution in [3.05, 3.63) is 60.0 Å². The van der Waals surface area contributed by atoms with E-state index in [2.05, 4.69) is 40.0 Å². The lowest BCUT2D eigenvalue weighted by Gasteiger charge is -2.13. The highest BCUT2D eigenvalue weighted by atomic mass is 16.5. The van der Waals surface area contributed by atoms with Gasteiger partial charge in [0, 0.05) is 24.6 Å². The summed E-state index contributed by atoms with van der Waals surface area (Å²) in [4.78, 5) is 17.4. The van der Waals surface area contributed by atoms with Crippen LogP contribution in [0.3, 0.4) is 0 Å². The molecule has 0 atom stereocenters. The SMILES string of the molecule is COc1ccc(-c2cc(C(=O)NCCc3nc4ccccc4n3C(C)C)[nH]n2)cc1OC. The molecule has 0 saturated carbocycles. The first-order valence-electron chi connectivity index (χ1n) is 10.5. The second-order valence-corrected chi connectivity index (χ2v) is 7.72. The topological polar surface area (TPSA) is 94.1 Å². The van der Waals surface area contributed by atoms with Gasteiger partial charge in [-0.2, -0.15) is 5.10 Å². The Bertz CT molecular complexity index is 1240. The van der Waals surface area contributed by atoms with Gasteiger partial charge >= 0.3 is 0 Å². The first kappa shape index (κ1) is 21.4. The quantitative estimate of drug-likeness (QED) is 0.438. The largest absolute Gasteiger partial charge is 0.493 e. The van der Waals surface area contributed by atoms with Gasteiger partial charge in [0.1, 0.15) is 11.5 Å². The van der Waals surface area contributed by atoms with E-state index in [1.807, 2.05) is 36.4 Å². The van der Waals surface area contributed by atoms with Gasteiger partial charge in [-0.3, -0.25) is 9.89 Å². The summed E-state index contributed by atoms with van der Waals surface area (Å²) >= 11 is 0. The van der Waals surface area contributed by atoms with Crippen molar-refractivity contribution in [2.45, 2.75) is 26.3 Å². The predicted molar refractivity (Wildman–Crippen MR) is 123 cm³/mol. The second-order valence-electron chi connectivity index (χ2n) is 7.72. The van der Waals surface area contributed by atoms with E-state index in [1.54, 1.807) is 20.3 Å². The van der Waals surface area contributed by atoms with Gasteiger partial charge in [0.05, 0.1) is 30.9 Å². The van der Waals surface area contributed by atoms with Crippen LogP contribution < -0.4 is 14.8 Å². The number of amides is 1. The number of rotatable bonds is 8. The third-order valence-electron chi connectivity index (χ3n) is 5.32. The number of hydrogen-bond donors (Lipinski definition) is 2. The Morgan fingerprint density at radius 2 is 1.88 bits per heavy atom. The molecule has 2 heterocycles. The van der Waals surface area contributed by atoms with Gasteiger partial charge in [-0.05, 0) is 50.2 Å². The number of nitrogens with zero attached hydrogens (tertiary/aromatic N) is 3. The molecule has 0 saturated heterocycles. The summed E-state index contributed by atoms with van der Waals surface area (Å²) in [6.45, 7) is 4.74. The molecule has 0 aliphatic heterocycles. The maximum absolute atomic E-state index is 12.6. The highest BCUT2D eigenvalue weighted by Crippen LogP contribution is 2.31. The van der Waals surface area contributed by atoms with Crippen molar-refractivity contribution in [3.63, 3.8) is 0 Å². The van der Waals surface area contributed by atoms with Crippen LogP contribution in [0.25, 0.3) is 22.3 Å². The Hall–Kier alpha value is -3.81. The number of methoxy groups -OCH3 is 2. The summed E-state index contributed by atoms with van der Waals surface area (Å²) in [5.74, 6) is 1.98. The van der Waals surface area contributed by atoms with E-state index in [9.17, 15) is 4.79 Å². The number of carbonyl (C=O) groups is 1. The van der Waals surface area contributed by atoms with Gasteiger partial charge in [-0.25, -0.2) is 4.98 Å². The number of H-pyrrole nitrogens is 1. The molecule has 1 amide bonds. The van der Waals surface area contributed by atoms with Gasteiger partial charge in [0.25, 0.3) is 5.91 Å². The van der Waals surface area contributed by atoms with E-state index in [4.69, 9.17) is 14.5 Å². The average molecular weight is 434 g/mol. The zero-order chi connectivity index (χ0) is 22.7. The van der Waals surface area contributed by atoms with E-state index in [1.165, 1.54) is 0 Å². The van der Waals surface area contributed by atoms with Crippen LogP contribution in [-0.4, -0.2) is 46.4 Å². The lowest BCUT2D eigenvalue weighted by molar-refractivity contribution is 0.0949. The summed E-state index contributed by atoms with van der Waals surface area (Å²) in [5.41, 5.74) is 3.95. The molecule has 8 heteroatoms. The molecule has 0 fully saturated rings. The third-order valence-corrected chi connectivity index (χ3v) is 5.32. The lowest BCUT2D eigenvalue weighted by atomic mass is 10.1. The van der Waals surface area contributed by atoms with Crippen molar-refractivity contribution < 1.29 is 14.3 Å². The fraction of sp³-hybridized carbons (Fsp3) is 0.292. The molecule has 2 aromatic carbocycles. The third kappa shape index (κ3) is 4.16. The summed E-state index contributed by atoms with van der Waals surface area (Å²) in [7, 11) is 3.17. The van der Waals surface area contributed by atoms with Gasteiger partial charge in [-0.1, -0.05) is 12.1 Å².